The Morgan fingerprint density at radius 3 is 2.21 bits per heavy atom. The zero-order chi connectivity index (χ0) is 27.4. The van der Waals surface area contributed by atoms with Gasteiger partial charge in [-0.05, 0) is 122 Å². The molecule has 0 heterocycles. The second-order valence-electron chi connectivity index (χ2n) is 14.4. The lowest BCUT2D eigenvalue weighted by atomic mass is 9.38. The molecular weight excluding hydrogens is 464 g/mol. The van der Waals surface area contributed by atoms with E-state index in [1.165, 1.54) is 19.3 Å². The lowest BCUT2D eigenvalue weighted by Crippen LogP contribution is -2.59. The molecule has 9 unspecified atom stereocenters. The van der Waals surface area contributed by atoms with Crippen LogP contribution in [0.1, 0.15) is 117 Å². The van der Waals surface area contributed by atoms with Crippen LogP contribution in [0.25, 0.3) is 0 Å². The minimum atomic E-state index is 0.365. The van der Waals surface area contributed by atoms with Crippen LogP contribution in [0, 0.1) is 51.8 Å². The molecule has 2 heteroatoms. The highest BCUT2D eigenvalue weighted by Gasteiger charge is 2.63. The highest BCUT2D eigenvalue weighted by atomic mass is 16.5. The predicted molar refractivity (Wildman–Crippen MR) is 160 cm³/mol. The van der Waals surface area contributed by atoms with Crippen molar-refractivity contribution in [2.75, 3.05) is 0 Å². The van der Waals surface area contributed by atoms with Crippen molar-refractivity contribution in [3.63, 3.8) is 0 Å². The topological polar surface area (TPSA) is 26.3 Å². The van der Waals surface area contributed by atoms with Gasteiger partial charge in [0, 0.05) is 0 Å². The first kappa shape index (κ1) is 29.4. The van der Waals surface area contributed by atoms with Crippen LogP contribution < -0.4 is 0 Å². The quantitative estimate of drug-likeness (QED) is 0.293. The van der Waals surface area contributed by atoms with Gasteiger partial charge in [-0.2, -0.15) is 0 Å². The molecule has 0 N–H and O–H groups in total. The number of fused-ring (bicyclic) bond motifs is 7. The Balaban J connectivity index is 0.000000217. The third kappa shape index (κ3) is 5.53. The first-order chi connectivity index (χ1) is 18.2. The Morgan fingerprint density at radius 2 is 1.50 bits per heavy atom. The zero-order valence-corrected chi connectivity index (χ0v) is 25.2. The molecule has 5 aliphatic rings. The van der Waals surface area contributed by atoms with Crippen molar-refractivity contribution in [1.82, 2.24) is 0 Å². The molecule has 0 aliphatic heterocycles. The number of benzene rings is 1. The molecule has 2 nitrogen and oxygen atoms in total. The van der Waals surface area contributed by atoms with E-state index in [-0.39, 0.29) is 0 Å². The Bertz CT molecular complexity index is 909. The highest BCUT2D eigenvalue weighted by Crippen LogP contribution is 2.71. The summed E-state index contributed by atoms with van der Waals surface area (Å²) in [4.78, 5) is 9.76. The second kappa shape index (κ2) is 12.3. The fraction of sp³-hybridized carbons (Fsp3) is 0.750. The van der Waals surface area contributed by atoms with Crippen molar-refractivity contribution in [3.8, 4) is 0 Å². The minimum absolute atomic E-state index is 0.365. The monoisotopic (exact) mass is 520 g/mol. The SMILES string of the molecule is C=CC.CC1CCCC2(C)C1CCC1(C)C3CCC4(C)CCCC4C3CCC21.O=COCc1ccccc1. The maximum Gasteiger partial charge on any atom is 0.293 e. The molecule has 0 aromatic heterocycles. The molecule has 0 radical (unpaired) electrons. The number of carbonyl (C=O) groups excluding carboxylic acids is 1. The van der Waals surface area contributed by atoms with Gasteiger partial charge in [0.15, 0.2) is 0 Å². The van der Waals surface area contributed by atoms with Crippen molar-refractivity contribution < 1.29 is 9.53 Å². The van der Waals surface area contributed by atoms with E-state index in [4.69, 9.17) is 0 Å². The van der Waals surface area contributed by atoms with Gasteiger partial charge in [-0.25, -0.2) is 0 Å². The van der Waals surface area contributed by atoms with E-state index in [1.807, 2.05) is 37.3 Å². The molecule has 0 bridgehead atoms. The van der Waals surface area contributed by atoms with Gasteiger partial charge in [0.2, 0.25) is 0 Å². The van der Waals surface area contributed by atoms with E-state index in [0.29, 0.717) is 23.9 Å². The van der Waals surface area contributed by atoms with E-state index in [0.717, 1.165) is 46.5 Å². The van der Waals surface area contributed by atoms with E-state index < -0.39 is 0 Å². The van der Waals surface area contributed by atoms with Gasteiger partial charge in [0.1, 0.15) is 6.61 Å². The van der Waals surface area contributed by atoms with Crippen molar-refractivity contribution in [3.05, 3.63) is 48.6 Å². The van der Waals surface area contributed by atoms with E-state index in [9.17, 15) is 4.79 Å². The second-order valence-corrected chi connectivity index (χ2v) is 14.4. The minimum Gasteiger partial charge on any atom is -0.463 e. The van der Waals surface area contributed by atoms with Crippen LogP contribution in [-0.2, 0) is 16.1 Å². The van der Waals surface area contributed by atoms with Crippen LogP contribution in [-0.4, -0.2) is 6.47 Å². The Labute approximate surface area is 234 Å². The van der Waals surface area contributed by atoms with Gasteiger partial charge in [-0.3, -0.25) is 4.79 Å². The molecule has 5 saturated carbocycles. The summed E-state index contributed by atoms with van der Waals surface area (Å²) in [5.41, 5.74) is 3.08. The molecule has 9 atom stereocenters. The fourth-order valence-electron chi connectivity index (χ4n) is 11.0. The first-order valence-electron chi connectivity index (χ1n) is 15.9. The number of hydrogen-bond donors (Lipinski definition) is 0. The van der Waals surface area contributed by atoms with Crippen molar-refractivity contribution in [1.29, 1.82) is 0 Å². The summed E-state index contributed by atoms with van der Waals surface area (Å²) < 4.78 is 4.54. The predicted octanol–water partition coefficient (Wildman–Crippen LogP) is 10.0. The lowest BCUT2D eigenvalue weighted by Gasteiger charge is -2.67. The summed E-state index contributed by atoms with van der Waals surface area (Å²) in [5, 5.41) is 0. The maximum absolute atomic E-state index is 9.76. The van der Waals surface area contributed by atoms with Gasteiger partial charge >= 0.3 is 0 Å². The van der Waals surface area contributed by atoms with Crippen molar-refractivity contribution in [2.24, 2.45) is 51.8 Å². The van der Waals surface area contributed by atoms with Crippen LogP contribution in [0.15, 0.2) is 43.0 Å². The first-order valence-corrected chi connectivity index (χ1v) is 15.9. The molecule has 1 aromatic carbocycles. The molecule has 212 valence electrons. The number of allylic oxidation sites excluding steroid dienone is 1. The van der Waals surface area contributed by atoms with Gasteiger partial charge in [-0.1, -0.05) is 83.4 Å². The highest BCUT2D eigenvalue weighted by molar-refractivity contribution is 5.37. The number of carbonyl (C=O) groups is 1. The molecule has 38 heavy (non-hydrogen) atoms. The average molecular weight is 521 g/mol. The smallest absolute Gasteiger partial charge is 0.293 e. The zero-order valence-electron chi connectivity index (χ0n) is 25.2. The molecule has 5 fully saturated rings. The number of rotatable bonds is 3. The van der Waals surface area contributed by atoms with Gasteiger partial charge < -0.3 is 4.74 Å². The molecule has 1 aromatic rings. The molecule has 0 spiro atoms. The third-order valence-corrected chi connectivity index (χ3v) is 12.5. The Kier molecular flexibility index (Phi) is 9.52. The summed E-state index contributed by atoms with van der Waals surface area (Å²) in [6.07, 6.45) is 20.3. The van der Waals surface area contributed by atoms with Crippen LogP contribution in [0.5, 0.6) is 0 Å². The van der Waals surface area contributed by atoms with Crippen LogP contribution in [0.4, 0.5) is 0 Å². The van der Waals surface area contributed by atoms with E-state index in [2.05, 4.69) is 39.0 Å². The Morgan fingerprint density at radius 1 is 0.842 bits per heavy atom. The molecule has 0 saturated heterocycles. The summed E-state index contributed by atoms with van der Waals surface area (Å²) >= 11 is 0. The summed E-state index contributed by atoms with van der Waals surface area (Å²) in [6.45, 7) is 16.8. The third-order valence-electron chi connectivity index (χ3n) is 12.5. The standard InChI is InChI=1S/C25H42.C8H8O2.C3H6/c1-17-7-5-14-24(3)19(17)12-16-25(4)21-11-15-23(2)13-6-8-20(23)18(21)9-10-22(24)25;9-7-10-6-8-4-2-1-3-5-8;1-3-2/h17-22H,5-16H2,1-4H3;1-5,7H,6H2;3H,1H2,2H3. The summed E-state index contributed by atoms with van der Waals surface area (Å²) in [6, 6.07) is 9.55. The fourth-order valence-corrected chi connectivity index (χ4v) is 11.0. The van der Waals surface area contributed by atoms with Gasteiger partial charge in [0.05, 0.1) is 0 Å². The van der Waals surface area contributed by atoms with E-state index in [1.54, 1.807) is 63.9 Å². The molecule has 0 amide bonds. The van der Waals surface area contributed by atoms with Crippen LogP contribution in [0.3, 0.4) is 0 Å². The number of ether oxygens (including phenoxy) is 1. The molecular formula is C36H56O2. The van der Waals surface area contributed by atoms with Crippen molar-refractivity contribution >= 4 is 6.47 Å². The maximum atomic E-state index is 9.76. The van der Waals surface area contributed by atoms with Gasteiger partial charge in [0.25, 0.3) is 6.47 Å². The van der Waals surface area contributed by atoms with E-state index >= 15 is 0 Å². The normalized spacial score (nSPS) is 42.8. The lowest BCUT2D eigenvalue weighted by molar-refractivity contribution is -0.181. The van der Waals surface area contributed by atoms with Crippen LogP contribution in [0.2, 0.25) is 0 Å². The molecule has 6 rings (SSSR count). The summed E-state index contributed by atoms with van der Waals surface area (Å²) in [5.74, 6) is 6.30. The van der Waals surface area contributed by atoms with Crippen LogP contribution >= 0.6 is 0 Å². The summed E-state index contributed by atoms with van der Waals surface area (Å²) in [7, 11) is 0. The molecule has 5 aliphatic carbocycles. The van der Waals surface area contributed by atoms with Crippen molar-refractivity contribution in [2.45, 2.75) is 118 Å². The largest absolute Gasteiger partial charge is 0.463 e. The Hall–Kier alpha value is -1.57. The number of hydrogen-bond acceptors (Lipinski definition) is 2. The average Bonchev–Trinajstić information content (AvgIpc) is 3.30. The van der Waals surface area contributed by atoms with Gasteiger partial charge in [-0.15, -0.1) is 6.58 Å².